The van der Waals surface area contributed by atoms with E-state index >= 15 is 0 Å². The molecule has 4 N–H and O–H groups in total. The molecule has 3 heterocycles. The van der Waals surface area contributed by atoms with Crippen LogP contribution in [-0.4, -0.2) is 74.9 Å². The van der Waals surface area contributed by atoms with Crippen molar-refractivity contribution in [3.05, 3.63) is 66.0 Å². The van der Waals surface area contributed by atoms with Crippen LogP contribution in [0.2, 0.25) is 0 Å². The first-order chi connectivity index (χ1) is 19.0. The monoisotopic (exact) mass is 547 g/mol. The van der Waals surface area contributed by atoms with E-state index in [-0.39, 0.29) is 18.4 Å². The summed E-state index contributed by atoms with van der Waals surface area (Å²) in [7, 11) is 0. The van der Waals surface area contributed by atoms with Crippen molar-refractivity contribution in [1.29, 1.82) is 0 Å². The molecule has 2 fully saturated rings. The number of amides is 3. The van der Waals surface area contributed by atoms with Crippen LogP contribution in [0.5, 0.6) is 0 Å². The molecule has 0 bridgehead atoms. The van der Waals surface area contributed by atoms with Crippen LogP contribution in [0.3, 0.4) is 0 Å². The first kappa shape index (κ1) is 28.8. The minimum absolute atomic E-state index is 0.121. The van der Waals surface area contributed by atoms with Crippen LogP contribution in [0.25, 0.3) is 10.9 Å². The van der Waals surface area contributed by atoms with E-state index < -0.39 is 17.2 Å². The van der Waals surface area contributed by atoms with E-state index in [0.29, 0.717) is 32.0 Å². The van der Waals surface area contributed by atoms with E-state index in [9.17, 15) is 14.4 Å². The lowest BCUT2D eigenvalue weighted by Crippen LogP contribution is -2.63. The number of carbonyl (C=O) groups is 3. The fraction of sp³-hybridized carbons (Fsp3) is 0.414. The van der Waals surface area contributed by atoms with Crippen molar-refractivity contribution >= 4 is 34.6 Å². The molecule has 11 nitrogen and oxygen atoms in total. The maximum Gasteiger partial charge on any atom is 0.411 e. The Morgan fingerprint density at radius 1 is 1.00 bits per heavy atom. The van der Waals surface area contributed by atoms with Crippen LogP contribution < -0.4 is 16.4 Å². The molecule has 1 aromatic heterocycles. The van der Waals surface area contributed by atoms with Gasteiger partial charge in [0.15, 0.2) is 0 Å². The number of nitrogen functional groups attached to an aromatic ring is 1. The molecule has 0 aliphatic carbocycles. The van der Waals surface area contributed by atoms with Crippen molar-refractivity contribution in [2.75, 3.05) is 31.9 Å². The highest BCUT2D eigenvalue weighted by molar-refractivity contribution is 5.90. The van der Waals surface area contributed by atoms with Crippen molar-refractivity contribution < 1.29 is 19.1 Å². The van der Waals surface area contributed by atoms with Gasteiger partial charge in [-0.1, -0.05) is 36.4 Å². The van der Waals surface area contributed by atoms with Crippen molar-refractivity contribution in [1.82, 2.24) is 30.4 Å². The third kappa shape index (κ3) is 6.48. The van der Waals surface area contributed by atoms with Crippen LogP contribution in [0.1, 0.15) is 38.8 Å². The molecular formula is C29H37N7O4. The first-order valence-electron chi connectivity index (χ1n) is 13.3. The average molecular weight is 548 g/mol. The summed E-state index contributed by atoms with van der Waals surface area (Å²) in [4.78, 5) is 47.7. The molecule has 2 aliphatic rings. The Morgan fingerprint density at radius 3 is 2.50 bits per heavy atom. The summed E-state index contributed by atoms with van der Waals surface area (Å²) in [6.45, 7) is 10.5. The lowest BCUT2D eigenvalue weighted by atomic mass is 10.00. The van der Waals surface area contributed by atoms with Gasteiger partial charge in [0.25, 0.3) is 0 Å². The summed E-state index contributed by atoms with van der Waals surface area (Å²) >= 11 is 0. The predicted molar refractivity (Wildman–Crippen MR) is 152 cm³/mol. The molecule has 0 saturated carbocycles. The van der Waals surface area contributed by atoms with Gasteiger partial charge in [-0.25, -0.2) is 14.8 Å². The Bertz CT molecular complexity index is 1380. The number of anilines is 1. The highest BCUT2D eigenvalue weighted by Gasteiger charge is 2.41. The summed E-state index contributed by atoms with van der Waals surface area (Å²) in [6.07, 6.45) is 1.00. The SMILES string of the molecule is CC1(C)C(=O)NCCN1C(=O)OCc1ccccc1.CC1(C)NCCN(Cc2ccc3c(N)ncnc3c2)C1=O. The summed E-state index contributed by atoms with van der Waals surface area (Å²) in [6, 6.07) is 15.3. The van der Waals surface area contributed by atoms with Crippen molar-refractivity contribution in [3.8, 4) is 0 Å². The molecule has 2 aliphatic heterocycles. The average Bonchev–Trinajstić information content (AvgIpc) is 2.92. The van der Waals surface area contributed by atoms with Gasteiger partial charge in [0, 0.05) is 38.1 Å². The van der Waals surface area contributed by atoms with Gasteiger partial charge in [0.2, 0.25) is 11.8 Å². The summed E-state index contributed by atoms with van der Waals surface area (Å²) in [5, 5.41) is 6.82. The maximum absolute atomic E-state index is 12.4. The summed E-state index contributed by atoms with van der Waals surface area (Å²) < 4.78 is 5.26. The normalized spacial score (nSPS) is 18.0. The van der Waals surface area contributed by atoms with E-state index in [2.05, 4.69) is 20.6 Å². The predicted octanol–water partition coefficient (Wildman–Crippen LogP) is 2.46. The standard InChI is InChI=1S/C15H19N5O.C14H18N2O3/c1-15(2)14(21)20(6-5-19-15)8-10-3-4-11-12(7-10)17-9-18-13(11)16;1-14(2)12(17)15-8-9-16(14)13(18)19-10-11-6-4-3-5-7-11/h3-4,7,9,19H,5-6,8H2,1-2H3,(H2,16,17,18);3-7H,8-10H2,1-2H3,(H,15,17). The number of aromatic nitrogens is 2. The molecule has 40 heavy (non-hydrogen) atoms. The van der Waals surface area contributed by atoms with Gasteiger partial charge >= 0.3 is 6.09 Å². The second-order valence-electron chi connectivity index (χ2n) is 10.9. The second-order valence-corrected chi connectivity index (χ2v) is 10.9. The topological polar surface area (TPSA) is 143 Å². The van der Waals surface area contributed by atoms with Gasteiger partial charge in [0.1, 0.15) is 24.3 Å². The number of hydrogen-bond donors (Lipinski definition) is 3. The molecule has 0 spiro atoms. The number of nitrogens with zero attached hydrogens (tertiary/aromatic N) is 4. The highest BCUT2D eigenvalue weighted by atomic mass is 16.6. The molecule has 11 heteroatoms. The molecule has 2 saturated heterocycles. The third-order valence-corrected chi connectivity index (χ3v) is 7.15. The molecule has 2 aromatic carbocycles. The molecular weight excluding hydrogens is 510 g/mol. The van der Waals surface area contributed by atoms with Gasteiger partial charge in [0.05, 0.1) is 11.1 Å². The lowest BCUT2D eigenvalue weighted by molar-refractivity contribution is -0.140. The van der Waals surface area contributed by atoms with Crippen LogP contribution in [0, 0.1) is 0 Å². The number of nitrogens with one attached hydrogen (secondary N) is 2. The van der Waals surface area contributed by atoms with Gasteiger partial charge in [-0.05, 0) is 51.0 Å². The smallest absolute Gasteiger partial charge is 0.411 e. The number of rotatable bonds is 4. The molecule has 212 valence electrons. The molecule has 5 rings (SSSR count). The third-order valence-electron chi connectivity index (χ3n) is 7.15. The van der Waals surface area contributed by atoms with Gasteiger partial charge in [-0.2, -0.15) is 0 Å². The first-order valence-corrected chi connectivity index (χ1v) is 13.3. The second kappa shape index (κ2) is 11.9. The number of nitrogens with two attached hydrogens (primary N) is 1. The largest absolute Gasteiger partial charge is 0.445 e. The van der Waals surface area contributed by atoms with Gasteiger partial charge in [-0.15, -0.1) is 0 Å². The van der Waals surface area contributed by atoms with E-state index in [0.717, 1.165) is 28.6 Å². The molecule has 0 radical (unpaired) electrons. The van der Waals surface area contributed by atoms with Crippen molar-refractivity contribution in [2.24, 2.45) is 0 Å². The van der Waals surface area contributed by atoms with Gasteiger partial charge < -0.3 is 26.0 Å². The minimum Gasteiger partial charge on any atom is -0.445 e. The molecule has 0 unspecified atom stereocenters. The Kier molecular flexibility index (Phi) is 8.53. The fourth-order valence-electron chi connectivity index (χ4n) is 4.69. The Hall–Kier alpha value is -4.25. The molecule has 0 atom stereocenters. The highest BCUT2D eigenvalue weighted by Crippen LogP contribution is 2.21. The Morgan fingerprint density at radius 2 is 1.75 bits per heavy atom. The lowest BCUT2D eigenvalue weighted by Gasteiger charge is -2.40. The summed E-state index contributed by atoms with van der Waals surface area (Å²) in [5.74, 6) is 0.442. The quantitative estimate of drug-likeness (QED) is 0.452. The van der Waals surface area contributed by atoms with E-state index in [1.54, 1.807) is 13.8 Å². The van der Waals surface area contributed by atoms with Crippen molar-refractivity contribution in [3.63, 3.8) is 0 Å². The minimum atomic E-state index is -0.869. The summed E-state index contributed by atoms with van der Waals surface area (Å²) in [5.41, 5.74) is 7.24. The van der Waals surface area contributed by atoms with Crippen LogP contribution in [0.4, 0.5) is 10.6 Å². The zero-order chi connectivity index (χ0) is 28.9. The van der Waals surface area contributed by atoms with Gasteiger partial charge in [-0.3, -0.25) is 14.5 Å². The van der Waals surface area contributed by atoms with E-state index in [1.165, 1.54) is 11.2 Å². The zero-order valence-corrected chi connectivity index (χ0v) is 23.4. The van der Waals surface area contributed by atoms with Crippen molar-refractivity contribution in [2.45, 2.75) is 51.9 Å². The fourth-order valence-corrected chi connectivity index (χ4v) is 4.69. The maximum atomic E-state index is 12.4. The zero-order valence-electron chi connectivity index (χ0n) is 23.4. The van der Waals surface area contributed by atoms with E-state index in [1.807, 2.05) is 67.3 Å². The Balaban J connectivity index is 0.000000186. The number of ether oxygens (including phenoxy) is 1. The van der Waals surface area contributed by atoms with E-state index in [4.69, 9.17) is 10.5 Å². The van der Waals surface area contributed by atoms with Crippen LogP contribution in [-0.2, 0) is 27.5 Å². The number of fused-ring (bicyclic) bond motifs is 1. The number of hydrogen-bond acceptors (Lipinski definition) is 8. The molecule has 3 aromatic rings. The van der Waals surface area contributed by atoms with Crippen LogP contribution >= 0.6 is 0 Å². The molecule has 3 amide bonds. The number of benzene rings is 2. The number of carbonyl (C=O) groups excluding carboxylic acids is 3. The Labute approximate surface area is 234 Å². The van der Waals surface area contributed by atoms with Crippen LogP contribution in [0.15, 0.2) is 54.9 Å². The number of piperazine rings is 2.